The van der Waals surface area contributed by atoms with E-state index in [-0.39, 0.29) is 25.6 Å². The lowest BCUT2D eigenvalue weighted by molar-refractivity contribution is -0.870. The summed E-state index contributed by atoms with van der Waals surface area (Å²) < 4.78 is 34.5. The third-order valence-electron chi connectivity index (χ3n) is 11.9. The summed E-state index contributed by atoms with van der Waals surface area (Å²) in [7, 11) is 1.48. The molecule has 0 rings (SSSR count). The molecule has 0 heterocycles. The van der Waals surface area contributed by atoms with Crippen LogP contribution in [-0.4, -0.2) is 74.9 Å². The second-order valence-electron chi connectivity index (χ2n) is 19.6. The molecular weight excluding hydrogens is 834 g/mol. The number of phosphoric acid groups is 1. The molecule has 1 N–H and O–H groups in total. The summed E-state index contributed by atoms with van der Waals surface area (Å²) in [4.78, 5) is 35.6. The molecule has 0 radical (unpaired) electrons. The van der Waals surface area contributed by atoms with Gasteiger partial charge in [0.05, 0.1) is 27.7 Å². The van der Waals surface area contributed by atoms with Gasteiger partial charge in [0, 0.05) is 12.8 Å². The second kappa shape index (κ2) is 47.3. The molecule has 0 aromatic heterocycles. The summed E-state index contributed by atoms with van der Waals surface area (Å²) in [5.41, 5.74) is 0. The average Bonchev–Trinajstić information content (AvgIpc) is 3.26. The number of quaternary nitrogens is 1. The molecule has 0 saturated carbocycles. The van der Waals surface area contributed by atoms with Crippen LogP contribution < -0.4 is 0 Å². The normalized spacial score (nSPS) is 13.6. The maximum Gasteiger partial charge on any atom is 0.472 e. The van der Waals surface area contributed by atoms with Crippen molar-refractivity contribution >= 4 is 19.8 Å². The Labute approximate surface area is 401 Å². The Balaban J connectivity index is 4.14. The summed E-state index contributed by atoms with van der Waals surface area (Å²) >= 11 is 0. The van der Waals surface area contributed by atoms with E-state index in [1.807, 2.05) is 21.1 Å². The molecule has 65 heavy (non-hydrogen) atoms. The number of rotatable bonds is 50. The minimum absolute atomic E-state index is 0.0329. The molecule has 2 unspecified atom stereocenters. The van der Waals surface area contributed by atoms with Crippen molar-refractivity contribution in [3.8, 4) is 0 Å². The van der Waals surface area contributed by atoms with E-state index in [0.717, 1.165) is 51.4 Å². The lowest BCUT2D eigenvalue weighted by Crippen LogP contribution is -2.37. The standard InChI is InChI=1S/C55H104NO8P/c1-6-8-10-12-14-16-18-20-22-23-24-25-26-27-28-29-30-31-32-33-34-36-38-40-42-44-46-48-55(58)64-53(52-63-65(59,60)62-50-49-56(3,4)5)51-61-54(57)47-45-43-41-39-37-35-21-19-17-15-13-11-9-7-2/h18,20,23-24,26-27,53H,6-17,19,21-22,25,28-52H2,1-5H3/p+1/b20-18-,24-23-,27-26-. The maximum absolute atomic E-state index is 12.8. The molecule has 0 aliphatic rings. The SMILES string of the molecule is CCCCCCC/C=C\C/C=C\C/C=C\CCCCCCCCCCCCCCC(=O)OC(COC(=O)CCCCCCCCCCCCCCCC)COP(=O)(O)OCC[N+](C)(C)C. The van der Waals surface area contributed by atoms with Crippen LogP contribution in [0.1, 0.15) is 251 Å². The molecule has 0 aliphatic carbocycles. The summed E-state index contributed by atoms with van der Waals surface area (Å²) in [5.74, 6) is -0.789. The van der Waals surface area contributed by atoms with Crippen molar-refractivity contribution in [3.05, 3.63) is 36.5 Å². The van der Waals surface area contributed by atoms with Crippen molar-refractivity contribution in [1.82, 2.24) is 0 Å². The predicted octanol–water partition coefficient (Wildman–Crippen LogP) is 16.4. The van der Waals surface area contributed by atoms with Crippen LogP contribution in [-0.2, 0) is 32.7 Å². The van der Waals surface area contributed by atoms with E-state index < -0.39 is 26.5 Å². The van der Waals surface area contributed by atoms with Crippen LogP contribution in [0.4, 0.5) is 0 Å². The molecule has 0 fully saturated rings. The second-order valence-corrected chi connectivity index (χ2v) is 21.1. The molecular formula is C55H105NO8P+. The monoisotopic (exact) mass is 939 g/mol. The van der Waals surface area contributed by atoms with Crippen LogP contribution in [0.3, 0.4) is 0 Å². The van der Waals surface area contributed by atoms with Gasteiger partial charge in [-0.1, -0.05) is 224 Å². The van der Waals surface area contributed by atoms with E-state index in [2.05, 4.69) is 50.3 Å². The topological polar surface area (TPSA) is 108 Å². The summed E-state index contributed by atoms with van der Waals surface area (Å²) in [6, 6.07) is 0. The van der Waals surface area contributed by atoms with Crippen LogP contribution >= 0.6 is 7.82 Å². The highest BCUT2D eigenvalue weighted by molar-refractivity contribution is 7.47. The van der Waals surface area contributed by atoms with Gasteiger partial charge >= 0.3 is 19.8 Å². The lowest BCUT2D eigenvalue weighted by Gasteiger charge is -2.24. The molecule has 9 nitrogen and oxygen atoms in total. The van der Waals surface area contributed by atoms with E-state index >= 15 is 0 Å². The number of carbonyl (C=O) groups excluding carboxylic acids is 2. The fraction of sp³-hybridized carbons (Fsp3) is 0.855. The highest BCUT2D eigenvalue weighted by Gasteiger charge is 2.27. The fourth-order valence-electron chi connectivity index (χ4n) is 7.67. The summed E-state index contributed by atoms with van der Waals surface area (Å²) in [6.07, 6.45) is 56.3. The van der Waals surface area contributed by atoms with Crippen molar-refractivity contribution in [3.63, 3.8) is 0 Å². The Kier molecular flexibility index (Phi) is 46.0. The first-order chi connectivity index (χ1) is 31.5. The molecule has 0 bridgehead atoms. The zero-order valence-corrected chi connectivity index (χ0v) is 44.1. The number of hydrogen-bond acceptors (Lipinski definition) is 7. The third kappa shape index (κ3) is 51.5. The van der Waals surface area contributed by atoms with Gasteiger partial charge in [-0.15, -0.1) is 0 Å². The number of nitrogens with zero attached hydrogens (tertiary/aromatic N) is 1. The molecule has 0 saturated heterocycles. The Morgan fingerprint density at radius 3 is 1.23 bits per heavy atom. The molecule has 0 amide bonds. The number of phosphoric ester groups is 1. The fourth-order valence-corrected chi connectivity index (χ4v) is 8.41. The van der Waals surface area contributed by atoms with Gasteiger partial charge in [-0.2, -0.15) is 0 Å². The van der Waals surface area contributed by atoms with Gasteiger partial charge in [0.2, 0.25) is 0 Å². The quantitative estimate of drug-likeness (QED) is 0.0211. The molecule has 0 aromatic rings. The molecule has 0 aromatic carbocycles. The Hall–Kier alpha value is -1.77. The zero-order valence-electron chi connectivity index (χ0n) is 43.2. The molecule has 382 valence electrons. The first kappa shape index (κ1) is 63.2. The largest absolute Gasteiger partial charge is 0.472 e. The highest BCUT2D eigenvalue weighted by atomic mass is 31.2. The molecule has 10 heteroatoms. The first-order valence-corrected chi connectivity index (χ1v) is 28.7. The van der Waals surface area contributed by atoms with Gasteiger partial charge in [-0.05, 0) is 51.4 Å². The van der Waals surface area contributed by atoms with Crippen molar-refractivity contribution < 1.29 is 42.1 Å². The smallest absolute Gasteiger partial charge is 0.462 e. The van der Waals surface area contributed by atoms with Crippen molar-refractivity contribution in [2.45, 2.75) is 258 Å². The number of esters is 2. The van der Waals surface area contributed by atoms with E-state index in [1.54, 1.807) is 0 Å². The number of unbranched alkanes of at least 4 members (excludes halogenated alkanes) is 30. The van der Waals surface area contributed by atoms with Crippen LogP contribution in [0.15, 0.2) is 36.5 Å². The minimum Gasteiger partial charge on any atom is -0.462 e. The van der Waals surface area contributed by atoms with E-state index in [4.69, 9.17) is 18.5 Å². The van der Waals surface area contributed by atoms with Crippen LogP contribution in [0.2, 0.25) is 0 Å². The van der Waals surface area contributed by atoms with Crippen LogP contribution in [0, 0.1) is 0 Å². The van der Waals surface area contributed by atoms with Crippen LogP contribution in [0.5, 0.6) is 0 Å². The number of allylic oxidation sites excluding steroid dienone is 6. The van der Waals surface area contributed by atoms with Crippen molar-refractivity contribution in [1.29, 1.82) is 0 Å². The average molecular weight is 939 g/mol. The van der Waals surface area contributed by atoms with Gasteiger partial charge in [0.1, 0.15) is 19.8 Å². The van der Waals surface area contributed by atoms with Crippen LogP contribution in [0.25, 0.3) is 0 Å². The predicted molar refractivity (Wildman–Crippen MR) is 275 cm³/mol. The van der Waals surface area contributed by atoms with Crippen molar-refractivity contribution in [2.75, 3.05) is 47.5 Å². The minimum atomic E-state index is -4.38. The molecule has 2 atom stereocenters. The Morgan fingerprint density at radius 2 is 0.831 bits per heavy atom. The highest BCUT2D eigenvalue weighted by Crippen LogP contribution is 2.43. The van der Waals surface area contributed by atoms with Gasteiger partial charge in [-0.25, -0.2) is 4.57 Å². The Morgan fingerprint density at radius 1 is 0.477 bits per heavy atom. The van der Waals surface area contributed by atoms with Gasteiger partial charge in [-0.3, -0.25) is 18.6 Å². The van der Waals surface area contributed by atoms with E-state index in [1.165, 1.54) is 167 Å². The third-order valence-corrected chi connectivity index (χ3v) is 12.9. The lowest BCUT2D eigenvalue weighted by atomic mass is 10.0. The molecule has 0 spiro atoms. The van der Waals surface area contributed by atoms with Gasteiger partial charge < -0.3 is 18.9 Å². The Bertz CT molecular complexity index is 1200. The van der Waals surface area contributed by atoms with E-state index in [0.29, 0.717) is 23.9 Å². The summed E-state index contributed by atoms with van der Waals surface area (Å²) in [5, 5.41) is 0. The first-order valence-electron chi connectivity index (χ1n) is 27.2. The van der Waals surface area contributed by atoms with Gasteiger partial charge in [0.15, 0.2) is 6.10 Å². The van der Waals surface area contributed by atoms with E-state index in [9.17, 15) is 19.0 Å². The van der Waals surface area contributed by atoms with Crippen molar-refractivity contribution in [2.24, 2.45) is 0 Å². The summed E-state index contributed by atoms with van der Waals surface area (Å²) in [6.45, 7) is 4.44. The zero-order chi connectivity index (χ0) is 47.8. The number of hydrogen-bond donors (Lipinski definition) is 1. The van der Waals surface area contributed by atoms with Gasteiger partial charge in [0.25, 0.3) is 0 Å². The molecule has 0 aliphatic heterocycles. The number of ether oxygens (including phenoxy) is 2. The number of carbonyl (C=O) groups is 2. The maximum atomic E-state index is 12.8. The number of likely N-dealkylation sites (N-methyl/N-ethyl adjacent to an activating group) is 1.